The van der Waals surface area contributed by atoms with Gasteiger partial charge in [0.05, 0.1) is 25.1 Å². The van der Waals surface area contributed by atoms with Gasteiger partial charge in [-0.05, 0) is 30.9 Å². The molecule has 1 aliphatic carbocycles. The Hall–Kier alpha value is -3.07. The molecule has 9 nitrogen and oxygen atoms in total. The molecule has 1 N–H and O–H groups in total. The van der Waals surface area contributed by atoms with E-state index < -0.39 is 0 Å². The number of anilines is 1. The standard InChI is InChI=1S/C19H20N8O/c1-2-12(1)10-27-11-20-17-16(13-3-4-14-15(9-13)24-25-23-14)21-19(22-18(17)27)26-5-7-28-8-6-26/h3-4,9,11-12H,1-2,5-8,10H2,(H,23,24,25). The van der Waals surface area contributed by atoms with Crippen LogP contribution in [0.25, 0.3) is 33.5 Å². The summed E-state index contributed by atoms with van der Waals surface area (Å²) in [6.07, 6.45) is 4.48. The maximum Gasteiger partial charge on any atom is 0.228 e. The zero-order chi connectivity index (χ0) is 18.5. The van der Waals surface area contributed by atoms with Crippen LogP contribution >= 0.6 is 0 Å². The summed E-state index contributed by atoms with van der Waals surface area (Å²) < 4.78 is 7.68. The van der Waals surface area contributed by atoms with Gasteiger partial charge >= 0.3 is 0 Å². The number of hydrogen-bond donors (Lipinski definition) is 1. The Bertz CT molecular complexity index is 1160. The number of nitrogens with one attached hydrogen (secondary N) is 1. The summed E-state index contributed by atoms with van der Waals surface area (Å²) in [5, 5.41) is 10.9. The Morgan fingerprint density at radius 2 is 2.04 bits per heavy atom. The van der Waals surface area contributed by atoms with Crippen LogP contribution in [0.3, 0.4) is 0 Å². The minimum absolute atomic E-state index is 0.697. The largest absolute Gasteiger partial charge is 0.378 e. The van der Waals surface area contributed by atoms with Crippen molar-refractivity contribution in [2.75, 3.05) is 31.2 Å². The summed E-state index contributed by atoms with van der Waals surface area (Å²) >= 11 is 0. The van der Waals surface area contributed by atoms with Gasteiger partial charge in [-0.2, -0.15) is 4.98 Å². The first-order chi connectivity index (χ1) is 13.8. The average molecular weight is 376 g/mol. The Balaban J connectivity index is 1.53. The number of H-pyrrole nitrogens is 1. The lowest BCUT2D eigenvalue weighted by molar-refractivity contribution is 0.122. The molecule has 0 amide bonds. The molecule has 0 radical (unpaired) electrons. The van der Waals surface area contributed by atoms with Gasteiger partial charge in [0.2, 0.25) is 5.95 Å². The SMILES string of the molecule is c1cc2[nH]nnc2cc1-c1nc(N2CCOCC2)nc2c1ncn2CC1CC1. The van der Waals surface area contributed by atoms with Crippen molar-refractivity contribution in [3.8, 4) is 11.3 Å². The van der Waals surface area contributed by atoms with E-state index in [1.54, 1.807) is 0 Å². The molecule has 4 heterocycles. The number of aromatic nitrogens is 7. The predicted octanol–water partition coefficient (Wildman–Crippen LogP) is 2.01. The van der Waals surface area contributed by atoms with Crippen LogP contribution in [0.15, 0.2) is 24.5 Å². The summed E-state index contributed by atoms with van der Waals surface area (Å²) in [6.45, 7) is 3.96. The van der Waals surface area contributed by atoms with Crippen LogP contribution in [0, 0.1) is 5.92 Å². The molecule has 6 rings (SSSR count). The second-order valence-corrected chi connectivity index (χ2v) is 7.53. The Morgan fingerprint density at radius 1 is 1.14 bits per heavy atom. The molecule has 1 aliphatic heterocycles. The van der Waals surface area contributed by atoms with Gasteiger partial charge in [-0.3, -0.25) is 5.10 Å². The van der Waals surface area contributed by atoms with E-state index in [4.69, 9.17) is 14.7 Å². The van der Waals surface area contributed by atoms with E-state index in [1.165, 1.54) is 12.8 Å². The van der Waals surface area contributed by atoms with E-state index in [9.17, 15) is 0 Å². The first-order valence-corrected chi connectivity index (χ1v) is 9.72. The zero-order valence-corrected chi connectivity index (χ0v) is 15.4. The summed E-state index contributed by atoms with van der Waals surface area (Å²) in [7, 11) is 0. The summed E-state index contributed by atoms with van der Waals surface area (Å²) in [4.78, 5) is 16.7. The monoisotopic (exact) mass is 376 g/mol. The van der Waals surface area contributed by atoms with Gasteiger partial charge in [0.25, 0.3) is 0 Å². The van der Waals surface area contributed by atoms with E-state index in [0.717, 1.165) is 65.0 Å². The van der Waals surface area contributed by atoms with Crippen LogP contribution in [0.4, 0.5) is 5.95 Å². The van der Waals surface area contributed by atoms with E-state index in [2.05, 4.69) is 29.9 Å². The summed E-state index contributed by atoms with van der Waals surface area (Å²) in [5.41, 5.74) is 5.27. The van der Waals surface area contributed by atoms with Crippen LogP contribution in [0.5, 0.6) is 0 Å². The number of nitrogens with zero attached hydrogens (tertiary/aromatic N) is 7. The van der Waals surface area contributed by atoms with Gasteiger partial charge in [-0.1, -0.05) is 11.3 Å². The lowest BCUT2D eigenvalue weighted by atomic mass is 10.1. The Kier molecular flexibility index (Phi) is 3.55. The minimum Gasteiger partial charge on any atom is -0.378 e. The van der Waals surface area contributed by atoms with E-state index in [0.29, 0.717) is 13.2 Å². The molecular weight excluding hydrogens is 356 g/mol. The van der Waals surface area contributed by atoms with Crippen molar-refractivity contribution >= 4 is 28.1 Å². The highest BCUT2D eigenvalue weighted by atomic mass is 16.5. The molecule has 1 saturated carbocycles. The molecule has 3 aromatic heterocycles. The molecule has 1 saturated heterocycles. The van der Waals surface area contributed by atoms with Crippen LogP contribution < -0.4 is 4.90 Å². The second-order valence-electron chi connectivity index (χ2n) is 7.53. The number of fused-ring (bicyclic) bond motifs is 2. The second kappa shape index (κ2) is 6.23. The molecule has 1 aromatic carbocycles. The summed E-state index contributed by atoms with van der Waals surface area (Å²) in [6, 6.07) is 6.02. The van der Waals surface area contributed by atoms with Crippen LogP contribution in [0.1, 0.15) is 12.8 Å². The molecule has 2 fully saturated rings. The first kappa shape index (κ1) is 15.9. The lowest BCUT2D eigenvalue weighted by Crippen LogP contribution is -2.37. The number of hydrogen-bond acceptors (Lipinski definition) is 7. The minimum atomic E-state index is 0.697. The smallest absolute Gasteiger partial charge is 0.228 e. The Morgan fingerprint density at radius 3 is 2.89 bits per heavy atom. The highest BCUT2D eigenvalue weighted by molar-refractivity contribution is 5.91. The number of benzene rings is 1. The fourth-order valence-corrected chi connectivity index (χ4v) is 3.74. The van der Waals surface area contributed by atoms with Gasteiger partial charge < -0.3 is 14.2 Å². The van der Waals surface area contributed by atoms with Gasteiger partial charge in [-0.25, -0.2) is 9.97 Å². The van der Waals surface area contributed by atoms with Crippen molar-refractivity contribution in [2.45, 2.75) is 19.4 Å². The average Bonchev–Trinajstić information content (AvgIpc) is 3.28. The third kappa shape index (κ3) is 2.70. The van der Waals surface area contributed by atoms with Crippen molar-refractivity contribution in [1.82, 2.24) is 34.9 Å². The Labute approximate surface area is 160 Å². The molecule has 0 spiro atoms. The first-order valence-electron chi connectivity index (χ1n) is 9.72. The van der Waals surface area contributed by atoms with Gasteiger partial charge in [0, 0.05) is 25.2 Å². The van der Waals surface area contributed by atoms with Gasteiger partial charge in [0.15, 0.2) is 5.65 Å². The molecular formula is C19H20N8O. The highest BCUT2D eigenvalue weighted by Gasteiger charge is 2.25. The lowest BCUT2D eigenvalue weighted by Gasteiger charge is -2.27. The third-order valence-electron chi connectivity index (χ3n) is 5.50. The zero-order valence-electron chi connectivity index (χ0n) is 15.4. The van der Waals surface area contributed by atoms with E-state index >= 15 is 0 Å². The molecule has 4 aromatic rings. The van der Waals surface area contributed by atoms with Crippen molar-refractivity contribution in [3.63, 3.8) is 0 Å². The van der Waals surface area contributed by atoms with Crippen molar-refractivity contribution in [3.05, 3.63) is 24.5 Å². The number of imidazole rings is 1. The summed E-state index contributed by atoms with van der Waals surface area (Å²) in [5.74, 6) is 1.48. The van der Waals surface area contributed by atoms with E-state index in [1.807, 2.05) is 24.5 Å². The van der Waals surface area contributed by atoms with Crippen LogP contribution in [-0.4, -0.2) is 61.2 Å². The van der Waals surface area contributed by atoms with Gasteiger partial charge in [-0.15, -0.1) is 5.10 Å². The van der Waals surface area contributed by atoms with Gasteiger partial charge in [0.1, 0.15) is 16.7 Å². The molecule has 0 atom stereocenters. The fourth-order valence-electron chi connectivity index (χ4n) is 3.74. The quantitative estimate of drug-likeness (QED) is 0.582. The predicted molar refractivity (Wildman–Crippen MR) is 104 cm³/mol. The molecule has 0 unspecified atom stereocenters. The topological polar surface area (TPSA) is 97.6 Å². The van der Waals surface area contributed by atoms with Crippen LogP contribution in [0.2, 0.25) is 0 Å². The normalized spacial score (nSPS) is 17.6. The molecule has 142 valence electrons. The highest BCUT2D eigenvalue weighted by Crippen LogP contribution is 2.33. The number of morpholine rings is 1. The van der Waals surface area contributed by atoms with Crippen molar-refractivity contribution in [2.24, 2.45) is 5.92 Å². The molecule has 9 heteroatoms. The number of rotatable bonds is 4. The molecule has 28 heavy (non-hydrogen) atoms. The van der Waals surface area contributed by atoms with Crippen LogP contribution in [-0.2, 0) is 11.3 Å². The van der Waals surface area contributed by atoms with Crippen molar-refractivity contribution in [1.29, 1.82) is 0 Å². The third-order valence-corrected chi connectivity index (χ3v) is 5.50. The number of aromatic amines is 1. The molecule has 0 bridgehead atoms. The maximum absolute atomic E-state index is 5.50. The molecule has 2 aliphatic rings. The maximum atomic E-state index is 5.50. The fraction of sp³-hybridized carbons (Fsp3) is 0.421. The number of ether oxygens (including phenoxy) is 1. The van der Waals surface area contributed by atoms with E-state index in [-0.39, 0.29) is 0 Å². The van der Waals surface area contributed by atoms with Crippen molar-refractivity contribution < 1.29 is 4.74 Å².